The third-order valence-electron chi connectivity index (χ3n) is 3.76. The molecule has 2 amide bonds. The normalized spacial score (nSPS) is 15.4. The summed E-state index contributed by atoms with van der Waals surface area (Å²) in [5.74, 6) is -1.04. The minimum atomic E-state index is -0.423. The van der Waals surface area contributed by atoms with Crippen molar-refractivity contribution in [2.45, 2.75) is 6.42 Å². The number of halogens is 1. The van der Waals surface area contributed by atoms with Gasteiger partial charge in [0.2, 0.25) is 5.91 Å². The van der Waals surface area contributed by atoms with E-state index < -0.39 is 5.82 Å². The number of thioether (sulfide) groups is 1. The minimum Gasteiger partial charge on any atom is -0.508 e. The number of amides is 2. The van der Waals surface area contributed by atoms with Crippen molar-refractivity contribution in [3.8, 4) is 5.75 Å². The molecular formula is C19H15FN2O3S2. The number of benzene rings is 2. The molecule has 0 unspecified atom stereocenters. The maximum Gasteiger partial charge on any atom is 0.266 e. The quantitative estimate of drug-likeness (QED) is 0.589. The minimum absolute atomic E-state index is 0.0368. The van der Waals surface area contributed by atoms with E-state index in [9.17, 15) is 19.1 Å². The zero-order chi connectivity index (χ0) is 19.4. The van der Waals surface area contributed by atoms with Crippen LogP contribution in [0.3, 0.4) is 0 Å². The van der Waals surface area contributed by atoms with Crippen molar-refractivity contribution >= 4 is 51.9 Å². The second-order valence-corrected chi connectivity index (χ2v) is 7.38. The molecule has 0 spiro atoms. The maximum absolute atomic E-state index is 13.8. The first-order valence-electron chi connectivity index (χ1n) is 8.03. The van der Waals surface area contributed by atoms with E-state index in [0.29, 0.717) is 20.5 Å². The van der Waals surface area contributed by atoms with Crippen LogP contribution in [-0.4, -0.2) is 32.7 Å². The SMILES string of the molecule is O=C(CCN1C(=O)/C(=C\c2ccccc2F)SC1=S)Nc1cccc(O)c1. The smallest absolute Gasteiger partial charge is 0.266 e. The molecular weight excluding hydrogens is 387 g/mol. The van der Waals surface area contributed by atoms with Gasteiger partial charge in [0.05, 0.1) is 4.91 Å². The van der Waals surface area contributed by atoms with Crippen LogP contribution in [0.2, 0.25) is 0 Å². The number of nitrogens with zero attached hydrogens (tertiary/aromatic N) is 1. The number of hydrogen-bond donors (Lipinski definition) is 2. The number of rotatable bonds is 5. The zero-order valence-electron chi connectivity index (χ0n) is 14.0. The third-order valence-corrected chi connectivity index (χ3v) is 5.14. The first-order valence-corrected chi connectivity index (χ1v) is 9.25. The molecule has 1 saturated heterocycles. The molecule has 8 heteroatoms. The van der Waals surface area contributed by atoms with Gasteiger partial charge in [0, 0.05) is 30.3 Å². The average Bonchev–Trinajstić information content (AvgIpc) is 2.88. The number of carbonyl (C=O) groups excluding carboxylic acids is 2. The van der Waals surface area contributed by atoms with Crippen LogP contribution in [-0.2, 0) is 9.59 Å². The molecule has 1 heterocycles. The number of carbonyl (C=O) groups is 2. The van der Waals surface area contributed by atoms with Crippen LogP contribution in [0.5, 0.6) is 5.75 Å². The number of nitrogens with one attached hydrogen (secondary N) is 1. The molecule has 2 aromatic rings. The number of aromatic hydroxyl groups is 1. The van der Waals surface area contributed by atoms with E-state index in [1.54, 1.807) is 30.3 Å². The topological polar surface area (TPSA) is 69.6 Å². The van der Waals surface area contributed by atoms with E-state index in [1.165, 1.54) is 29.2 Å². The van der Waals surface area contributed by atoms with Crippen molar-refractivity contribution in [3.63, 3.8) is 0 Å². The van der Waals surface area contributed by atoms with Gasteiger partial charge in [0.25, 0.3) is 5.91 Å². The number of anilines is 1. The summed E-state index contributed by atoms with van der Waals surface area (Å²) in [5, 5.41) is 12.1. The summed E-state index contributed by atoms with van der Waals surface area (Å²) in [5.41, 5.74) is 0.768. The molecule has 5 nitrogen and oxygen atoms in total. The summed E-state index contributed by atoms with van der Waals surface area (Å²) in [7, 11) is 0. The fraction of sp³-hybridized carbons (Fsp3) is 0.105. The van der Waals surface area contributed by atoms with Gasteiger partial charge in [-0.3, -0.25) is 14.5 Å². The summed E-state index contributed by atoms with van der Waals surface area (Å²) >= 11 is 6.29. The monoisotopic (exact) mass is 402 g/mol. The van der Waals surface area contributed by atoms with Crippen LogP contribution >= 0.6 is 24.0 Å². The molecule has 0 bridgehead atoms. The second kappa shape index (κ2) is 8.32. The lowest BCUT2D eigenvalue weighted by Crippen LogP contribution is -2.31. The molecule has 27 heavy (non-hydrogen) atoms. The van der Waals surface area contributed by atoms with Crippen LogP contribution in [0, 0.1) is 5.82 Å². The highest BCUT2D eigenvalue weighted by molar-refractivity contribution is 8.26. The van der Waals surface area contributed by atoms with E-state index in [1.807, 2.05) is 0 Å². The Bertz CT molecular complexity index is 946. The first-order chi connectivity index (χ1) is 12.9. The molecule has 1 aliphatic heterocycles. The molecule has 0 saturated carbocycles. The van der Waals surface area contributed by atoms with Crippen LogP contribution in [0.4, 0.5) is 10.1 Å². The van der Waals surface area contributed by atoms with Crippen molar-refractivity contribution in [2.24, 2.45) is 0 Å². The predicted octanol–water partition coefficient (Wildman–Crippen LogP) is 3.76. The summed E-state index contributed by atoms with van der Waals surface area (Å²) in [6.07, 6.45) is 1.50. The van der Waals surface area contributed by atoms with Gasteiger partial charge < -0.3 is 10.4 Å². The van der Waals surface area contributed by atoms with Gasteiger partial charge in [0.1, 0.15) is 15.9 Å². The molecule has 2 N–H and O–H groups in total. The molecule has 0 radical (unpaired) electrons. The Labute approximate surface area is 164 Å². The van der Waals surface area contributed by atoms with E-state index in [2.05, 4.69) is 5.32 Å². The van der Waals surface area contributed by atoms with E-state index in [4.69, 9.17) is 12.2 Å². The third kappa shape index (κ3) is 4.72. The Morgan fingerprint density at radius 3 is 2.78 bits per heavy atom. The van der Waals surface area contributed by atoms with Crippen LogP contribution in [0.1, 0.15) is 12.0 Å². The van der Waals surface area contributed by atoms with E-state index in [0.717, 1.165) is 11.8 Å². The fourth-order valence-corrected chi connectivity index (χ4v) is 3.75. The number of hydrogen-bond acceptors (Lipinski definition) is 5. The summed E-state index contributed by atoms with van der Waals surface area (Å²) in [6, 6.07) is 12.3. The zero-order valence-corrected chi connectivity index (χ0v) is 15.6. The van der Waals surface area contributed by atoms with E-state index in [-0.39, 0.29) is 30.5 Å². The maximum atomic E-state index is 13.8. The summed E-state index contributed by atoms with van der Waals surface area (Å²) in [4.78, 5) is 26.2. The Balaban J connectivity index is 1.62. The van der Waals surface area contributed by atoms with Gasteiger partial charge in [-0.2, -0.15) is 0 Å². The molecule has 0 aliphatic carbocycles. The molecule has 0 atom stereocenters. The van der Waals surface area contributed by atoms with Gasteiger partial charge in [-0.05, 0) is 24.3 Å². The van der Waals surface area contributed by atoms with Crippen LogP contribution in [0.15, 0.2) is 53.4 Å². The molecule has 2 aromatic carbocycles. The molecule has 1 aliphatic rings. The Morgan fingerprint density at radius 2 is 2.04 bits per heavy atom. The number of phenolic OH excluding ortho intramolecular Hbond substituents is 1. The lowest BCUT2D eigenvalue weighted by atomic mass is 10.2. The van der Waals surface area contributed by atoms with Gasteiger partial charge in [-0.15, -0.1) is 0 Å². The number of phenols is 1. The van der Waals surface area contributed by atoms with Gasteiger partial charge in [-0.25, -0.2) is 4.39 Å². The lowest BCUT2D eigenvalue weighted by Gasteiger charge is -2.14. The lowest BCUT2D eigenvalue weighted by molar-refractivity contribution is -0.122. The standard InChI is InChI=1S/C19H15FN2O3S2/c20-15-7-2-1-4-12(15)10-16-18(25)22(19(26)27-16)9-8-17(24)21-13-5-3-6-14(23)11-13/h1-7,10-11,23H,8-9H2,(H,21,24)/b16-10+. The van der Waals surface area contributed by atoms with Gasteiger partial charge in [0.15, 0.2) is 0 Å². The van der Waals surface area contributed by atoms with Gasteiger partial charge in [-0.1, -0.05) is 48.2 Å². The summed E-state index contributed by atoms with van der Waals surface area (Å²) in [6.45, 7) is 0.115. The predicted molar refractivity (Wildman–Crippen MR) is 108 cm³/mol. The second-order valence-electron chi connectivity index (χ2n) is 5.70. The van der Waals surface area contributed by atoms with E-state index >= 15 is 0 Å². The summed E-state index contributed by atoms with van der Waals surface area (Å²) < 4.78 is 14.1. The van der Waals surface area contributed by atoms with Crippen molar-refractivity contribution in [1.29, 1.82) is 0 Å². The molecule has 0 aromatic heterocycles. The first kappa shape index (κ1) is 19.1. The number of thiocarbonyl (C=S) groups is 1. The average molecular weight is 402 g/mol. The molecule has 3 rings (SSSR count). The van der Waals surface area contributed by atoms with Crippen molar-refractivity contribution < 1.29 is 19.1 Å². The van der Waals surface area contributed by atoms with Gasteiger partial charge >= 0.3 is 0 Å². The largest absolute Gasteiger partial charge is 0.508 e. The van der Waals surface area contributed by atoms with Crippen LogP contribution in [0.25, 0.3) is 6.08 Å². The molecule has 1 fully saturated rings. The van der Waals surface area contributed by atoms with Crippen LogP contribution < -0.4 is 5.32 Å². The van der Waals surface area contributed by atoms with Crippen molar-refractivity contribution in [1.82, 2.24) is 4.90 Å². The Hall–Kier alpha value is -2.71. The Kier molecular flexibility index (Phi) is 5.88. The highest BCUT2D eigenvalue weighted by atomic mass is 32.2. The molecule has 138 valence electrons. The van der Waals surface area contributed by atoms with Crippen molar-refractivity contribution in [3.05, 3.63) is 64.8 Å². The van der Waals surface area contributed by atoms with Crippen molar-refractivity contribution in [2.75, 3.05) is 11.9 Å². The fourth-order valence-electron chi connectivity index (χ4n) is 2.45. The highest BCUT2D eigenvalue weighted by Crippen LogP contribution is 2.33. The highest BCUT2D eigenvalue weighted by Gasteiger charge is 2.32. The Morgan fingerprint density at radius 1 is 1.26 bits per heavy atom.